The number of hydrogen-bond donors (Lipinski definition) is 1. The maximum atomic E-state index is 5.89. The molecule has 1 fully saturated rings. The number of aromatic nitrogens is 1. The van der Waals surface area contributed by atoms with Gasteiger partial charge in [-0.3, -0.25) is 0 Å². The van der Waals surface area contributed by atoms with Crippen LogP contribution in [0.3, 0.4) is 0 Å². The Morgan fingerprint density at radius 3 is 2.78 bits per heavy atom. The summed E-state index contributed by atoms with van der Waals surface area (Å²) in [6, 6.07) is 8.22. The fraction of sp³-hybridized carbons (Fsp3) is 0.357. The molecule has 0 radical (unpaired) electrons. The molecule has 1 aromatic carbocycles. The van der Waals surface area contributed by atoms with Crippen molar-refractivity contribution in [2.24, 2.45) is 0 Å². The monoisotopic (exact) mass is 260 g/mol. The Morgan fingerprint density at radius 2 is 2.17 bits per heavy atom. The summed E-state index contributed by atoms with van der Waals surface area (Å²) in [5.74, 6) is 0.945. The molecule has 1 aliphatic rings. The van der Waals surface area contributed by atoms with E-state index in [2.05, 4.69) is 27.8 Å². The molecular weight excluding hydrogens is 244 g/mol. The van der Waals surface area contributed by atoms with Crippen molar-refractivity contribution in [3.05, 3.63) is 35.3 Å². The zero-order valence-corrected chi connectivity index (χ0v) is 11.2. The zero-order valence-electron chi connectivity index (χ0n) is 10.3. The first-order valence-corrected chi connectivity index (χ1v) is 7.09. The van der Waals surface area contributed by atoms with E-state index in [9.17, 15) is 0 Å². The third-order valence-electron chi connectivity index (χ3n) is 3.04. The Bertz CT molecular complexity index is 515. The highest BCUT2D eigenvalue weighted by Crippen LogP contribution is 2.26. The highest BCUT2D eigenvalue weighted by atomic mass is 32.1. The molecule has 3 nitrogen and oxygen atoms in total. The van der Waals surface area contributed by atoms with E-state index in [1.54, 1.807) is 11.3 Å². The molecular formula is C14H16N2OS. The van der Waals surface area contributed by atoms with Gasteiger partial charge in [-0.25, -0.2) is 4.98 Å². The van der Waals surface area contributed by atoms with Crippen LogP contribution in [0.1, 0.15) is 12.1 Å². The van der Waals surface area contributed by atoms with Gasteiger partial charge in [-0.2, -0.15) is 0 Å². The van der Waals surface area contributed by atoms with Crippen molar-refractivity contribution in [3.8, 4) is 16.3 Å². The number of nitrogens with zero attached hydrogens (tertiary/aromatic N) is 1. The van der Waals surface area contributed by atoms with Crippen LogP contribution in [-0.4, -0.2) is 24.2 Å². The molecule has 0 bridgehead atoms. The molecule has 1 atom stereocenters. The van der Waals surface area contributed by atoms with E-state index in [4.69, 9.17) is 4.74 Å². The van der Waals surface area contributed by atoms with Crippen molar-refractivity contribution in [1.82, 2.24) is 10.3 Å². The van der Waals surface area contributed by atoms with E-state index in [-0.39, 0.29) is 0 Å². The van der Waals surface area contributed by atoms with Gasteiger partial charge in [0.2, 0.25) is 0 Å². The number of benzene rings is 1. The van der Waals surface area contributed by atoms with E-state index < -0.39 is 0 Å². The number of hydrogen-bond acceptors (Lipinski definition) is 4. The van der Waals surface area contributed by atoms with Crippen molar-refractivity contribution in [3.63, 3.8) is 0 Å². The minimum atomic E-state index is 0.318. The summed E-state index contributed by atoms with van der Waals surface area (Å²) in [4.78, 5) is 4.48. The maximum Gasteiger partial charge on any atom is 0.123 e. The number of thiazole rings is 1. The fourth-order valence-corrected chi connectivity index (χ4v) is 2.89. The van der Waals surface area contributed by atoms with Crippen molar-refractivity contribution in [2.45, 2.75) is 19.4 Å². The lowest BCUT2D eigenvalue weighted by Crippen LogP contribution is -2.19. The molecule has 1 saturated heterocycles. The molecule has 0 aliphatic carbocycles. The molecule has 1 aliphatic heterocycles. The number of ether oxygens (including phenoxy) is 1. The summed E-state index contributed by atoms with van der Waals surface area (Å²) in [7, 11) is 0. The van der Waals surface area contributed by atoms with Crippen LogP contribution in [0.25, 0.3) is 10.6 Å². The van der Waals surface area contributed by atoms with Crippen LogP contribution in [0, 0.1) is 6.92 Å². The predicted molar refractivity (Wildman–Crippen MR) is 74.2 cm³/mol. The minimum Gasteiger partial charge on any atom is -0.489 e. The van der Waals surface area contributed by atoms with Crippen LogP contribution < -0.4 is 10.1 Å². The van der Waals surface area contributed by atoms with Gasteiger partial charge in [-0.1, -0.05) is 0 Å². The average Bonchev–Trinajstić information content (AvgIpc) is 3.02. The van der Waals surface area contributed by atoms with Crippen LogP contribution >= 0.6 is 11.3 Å². The van der Waals surface area contributed by atoms with Gasteiger partial charge in [0, 0.05) is 23.2 Å². The smallest absolute Gasteiger partial charge is 0.123 e. The molecule has 18 heavy (non-hydrogen) atoms. The Hall–Kier alpha value is -1.39. The Labute approximate surface area is 111 Å². The molecule has 1 unspecified atom stereocenters. The van der Waals surface area contributed by atoms with E-state index in [1.165, 1.54) is 0 Å². The highest BCUT2D eigenvalue weighted by Gasteiger charge is 2.15. The number of aryl methyl sites for hydroxylation is 1. The zero-order chi connectivity index (χ0) is 12.4. The molecule has 1 N–H and O–H groups in total. The third-order valence-corrected chi connectivity index (χ3v) is 4.05. The van der Waals surface area contributed by atoms with Gasteiger partial charge in [0.05, 0.1) is 0 Å². The molecule has 4 heteroatoms. The second-order valence-electron chi connectivity index (χ2n) is 4.55. The first-order chi connectivity index (χ1) is 8.81. The van der Waals surface area contributed by atoms with Crippen LogP contribution in [-0.2, 0) is 0 Å². The van der Waals surface area contributed by atoms with Gasteiger partial charge in [0.15, 0.2) is 0 Å². The van der Waals surface area contributed by atoms with E-state index in [0.29, 0.717) is 6.10 Å². The molecule has 1 aromatic heterocycles. The van der Waals surface area contributed by atoms with Crippen molar-refractivity contribution in [2.75, 3.05) is 13.1 Å². The normalized spacial score (nSPS) is 19.1. The minimum absolute atomic E-state index is 0.318. The number of rotatable bonds is 3. The molecule has 3 rings (SSSR count). The van der Waals surface area contributed by atoms with E-state index >= 15 is 0 Å². The standard InChI is InChI=1S/C14H16N2OS/c1-10-9-18-14(16-10)11-2-4-12(5-3-11)17-13-6-7-15-8-13/h2-5,9,13,15H,6-8H2,1H3. The Morgan fingerprint density at radius 1 is 1.33 bits per heavy atom. The van der Waals surface area contributed by atoms with Crippen LogP contribution in [0.2, 0.25) is 0 Å². The van der Waals surface area contributed by atoms with Crippen LogP contribution in [0.5, 0.6) is 5.75 Å². The van der Waals surface area contributed by atoms with Crippen LogP contribution in [0.15, 0.2) is 29.6 Å². The highest BCUT2D eigenvalue weighted by molar-refractivity contribution is 7.13. The lowest BCUT2D eigenvalue weighted by Gasteiger charge is -2.12. The largest absolute Gasteiger partial charge is 0.489 e. The molecule has 0 amide bonds. The lowest BCUT2D eigenvalue weighted by atomic mass is 10.2. The van der Waals surface area contributed by atoms with Crippen molar-refractivity contribution < 1.29 is 4.74 Å². The molecule has 2 heterocycles. The molecule has 0 spiro atoms. The van der Waals surface area contributed by atoms with E-state index in [0.717, 1.165) is 41.5 Å². The Kier molecular flexibility index (Phi) is 3.30. The summed E-state index contributed by atoms with van der Waals surface area (Å²) in [5, 5.41) is 6.44. The van der Waals surface area contributed by atoms with Crippen molar-refractivity contribution in [1.29, 1.82) is 0 Å². The maximum absolute atomic E-state index is 5.89. The van der Waals surface area contributed by atoms with Gasteiger partial charge in [0.25, 0.3) is 0 Å². The lowest BCUT2D eigenvalue weighted by molar-refractivity contribution is 0.223. The molecule has 2 aromatic rings. The SMILES string of the molecule is Cc1csc(-c2ccc(OC3CCNC3)cc2)n1. The van der Waals surface area contributed by atoms with Crippen molar-refractivity contribution >= 4 is 11.3 Å². The first-order valence-electron chi connectivity index (χ1n) is 6.21. The number of nitrogens with one attached hydrogen (secondary N) is 1. The van der Waals surface area contributed by atoms with E-state index in [1.807, 2.05) is 19.1 Å². The summed E-state index contributed by atoms with van der Waals surface area (Å²) < 4.78 is 5.89. The van der Waals surface area contributed by atoms with Gasteiger partial charge in [0.1, 0.15) is 16.9 Å². The van der Waals surface area contributed by atoms with Gasteiger partial charge in [-0.05, 0) is 44.2 Å². The van der Waals surface area contributed by atoms with Gasteiger partial charge >= 0.3 is 0 Å². The summed E-state index contributed by atoms with van der Waals surface area (Å²) in [6.07, 6.45) is 1.41. The average molecular weight is 260 g/mol. The first kappa shape index (κ1) is 11.7. The quantitative estimate of drug-likeness (QED) is 0.921. The van der Waals surface area contributed by atoms with Gasteiger partial charge in [-0.15, -0.1) is 11.3 Å². The predicted octanol–water partition coefficient (Wildman–Crippen LogP) is 2.86. The topological polar surface area (TPSA) is 34.1 Å². The second-order valence-corrected chi connectivity index (χ2v) is 5.41. The fourth-order valence-electron chi connectivity index (χ4n) is 2.08. The molecule has 0 saturated carbocycles. The molecule has 94 valence electrons. The summed E-state index contributed by atoms with van der Waals surface area (Å²) >= 11 is 1.68. The van der Waals surface area contributed by atoms with Crippen LogP contribution in [0.4, 0.5) is 0 Å². The summed E-state index contributed by atoms with van der Waals surface area (Å²) in [6.45, 7) is 4.03. The Balaban J connectivity index is 1.72. The second kappa shape index (κ2) is 5.08. The third kappa shape index (κ3) is 2.54. The summed E-state index contributed by atoms with van der Waals surface area (Å²) in [5.41, 5.74) is 2.23. The van der Waals surface area contributed by atoms with Gasteiger partial charge < -0.3 is 10.1 Å².